The van der Waals surface area contributed by atoms with Crippen molar-refractivity contribution < 1.29 is 34.0 Å². The first-order valence-electron chi connectivity index (χ1n) is 13.8. The molecule has 5 N–H and O–H groups in total. The van der Waals surface area contributed by atoms with Gasteiger partial charge in [-0.1, -0.05) is 51.0 Å². The van der Waals surface area contributed by atoms with Gasteiger partial charge in [0.2, 0.25) is 5.91 Å². The summed E-state index contributed by atoms with van der Waals surface area (Å²) in [6.45, 7) is 5.84. The normalized spacial score (nSPS) is 45.9. The summed E-state index contributed by atoms with van der Waals surface area (Å²) in [5.41, 5.74) is 4.36. The third-order valence-corrected chi connectivity index (χ3v) is 10.1. The van der Waals surface area contributed by atoms with E-state index in [0.717, 1.165) is 19.3 Å². The molecule has 0 spiro atoms. The summed E-state index contributed by atoms with van der Waals surface area (Å²) in [7, 11) is 0. The lowest BCUT2D eigenvalue weighted by Gasteiger charge is -2.60. The summed E-state index contributed by atoms with van der Waals surface area (Å²) >= 11 is 0. The smallest absolute Gasteiger partial charge is 0.235 e. The van der Waals surface area contributed by atoms with E-state index < -0.39 is 35.6 Å². The SMILES string of the molecule is CCCC1O[C@@H]2C[C@H]3[C@@H]4CCC5=CC(O)C=C[C@]5(C)[C@H]4[C@@H](O)C[C@]3(C)[C@]2(C(=O)COCNC(=O)CN)O1. The van der Waals surface area contributed by atoms with E-state index in [2.05, 4.69) is 32.2 Å². The Morgan fingerprint density at radius 1 is 1.30 bits per heavy atom. The molecule has 0 aromatic rings. The number of nitrogens with one attached hydrogen (secondary N) is 1. The number of nitrogens with two attached hydrogens (primary N) is 1. The average Bonchev–Trinajstić information content (AvgIpc) is 3.34. The number of ketones is 1. The standard InChI is InChI=1S/C28H42N2O7/c1-4-5-24-36-22-11-19-18-7-6-16-10-17(31)8-9-26(16,2)25(18)20(32)12-27(19,3)28(22,37-24)21(33)14-35-15-30-23(34)13-29/h8-10,17-20,22,24-25,31-32H,4-7,11-15,29H2,1-3H3,(H,30,34)/t17?,18-,19-,20-,22+,24?,25+,26-,27-,28+/m0/s1. The van der Waals surface area contributed by atoms with Crippen LogP contribution in [0.2, 0.25) is 0 Å². The van der Waals surface area contributed by atoms with Gasteiger partial charge in [0.1, 0.15) is 13.3 Å². The molecule has 0 bridgehead atoms. The maximum absolute atomic E-state index is 14.0. The van der Waals surface area contributed by atoms with Crippen LogP contribution in [0.15, 0.2) is 23.8 Å². The molecular weight excluding hydrogens is 476 g/mol. The molecule has 9 nitrogen and oxygen atoms in total. The van der Waals surface area contributed by atoms with Gasteiger partial charge in [-0.05, 0) is 43.9 Å². The van der Waals surface area contributed by atoms with Gasteiger partial charge in [0.05, 0.1) is 24.9 Å². The summed E-state index contributed by atoms with van der Waals surface area (Å²) in [6, 6.07) is 0. The van der Waals surface area contributed by atoms with E-state index in [1.165, 1.54) is 5.57 Å². The lowest BCUT2D eigenvalue weighted by atomic mass is 9.46. The topological polar surface area (TPSA) is 140 Å². The summed E-state index contributed by atoms with van der Waals surface area (Å²) in [5, 5.41) is 24.5. The maximum atomic E-state index is 14.0. The predicted octanol–water partition coefficient (Wildman–Crippen LogP) is 1.57. The van der Waals surface area contributed by atoms with Gasteiger partial charge >= 0.3 is 0 Å². The van der Waals surface area contributed by atoms with Crippen LogP contribution in [0.4, 0.5) is 0 Å². The number of Topliss-reactive ketones (excluding diaryl/α,β-unsaturated/α-hetero) is 1. The lowest BCUT2D eigenvalue weighted by molar-refractivity contribution is -0.201. The summed E-state index contributed by atoms with van der Waals surface area (Å²) < 4.78 is 18.6. The van der Waals surface area contributed by atoms with Crippen LogP contribution in [0.5, 0.6) is 0 Å². The molecule has 9 heteroatoms. The van der Waals surface area contributed by atoms with Crippen LogP contribution in [0, 0.1) is 28.6 Å². The molecule has 2 unspecified atom stereocenters. The van der Waals surface area contributed by atoms with E-state index in [9.17, 15) is 19.8 Å². The fourth-order valence-corrected chi connectivity index (χ4v) is 8.58. The Morgan fingerprint density at radius 3 is 2.81 bits per heavy atom. The molecule has 3 saturated carbocycles. The molecule has 5 aliphatic rings. The molecule has 4 fully saturated rings. The summed E-state index contributed by atoms with van der Waals surface area (Å²) in [4.78, 5) is 25.4. The molecule has 0 aromatic heterocycles. The van der Waals surface area contributed by atoms with Crippen molar-refractivity contribution in [3.05, 3.63) is 23.8 Å². The van der Waals surface area contributed by atoms with E-state index in [4.69, 9.17) is 19.9 Å². The van der Waals surface area contributed by atoms with Gasteiger partial charge in [-0.3, -0.25) is 9.59 Å². The molecule has 4 aliphatic carbocycles. The molecule has 1 aliphatic heterocycles. The van der Waals surface area contributed by atoms with Crippen molar-refractivity contribution in [1.82, 2.24) is 5.32 Å². The Kier molecular flexibility index (Phi) is 7.17. The van der Waals surface area contributed by atoms with E-state index in [0.29, 0.717) is 19.3 Å². The molecule has 1 saturated heterocycles. The third-order valence-electron chi connectivity index (χ3n) is 10.1. The number of rotatable bonds is 8. The van der Waals surface area contributed by atoms with Gasteiger partial charge in [0.15, 0.2) is 17.7 Å². The Labute approximate surface area is 218 Å². The van der Waals surface area contributed by atoms with Crippen LogP contribution in [-0.4, -0.2) is 72.0 Å². The number of carbonyl (C=O) groups excluding carboxylic acids is 2. The second-order valence-electron chi connectivity index (χ2n) is 12.0. The minimum atomic E-state index is -1.21. The first-order chi connectivity index (χ1) is 17.6. The third kappa shape index (κ3) is 4.05. The van der Waals surface area contributed by atoms with Crippen molar-refractivity contribution in [2.75, 3.05) is 19.9 Å². The van der Waals surface area contributed by atoms with Crippen molar-refractivity contribution in [3.63, 3.8) is 0 Å². The Balaban J connectivity index is 1.44. The molecule has 206 valence electrons. The number of ether oxygens (including phenoxy) is 3. The number of amides is 1. The van der Waals surface area contributed by atoms with Crippen molar-refractivity contribution in [1.29, 1.82) is 0 Å². The number of aliphatic hydroxyl groups is 2. The highest BCUT2D eigenvalue weighted by molar-refractivity contribution is 5.91. The molecule has 1 heterocycles. The van der Waals surface area contributed by atoms with Gasteiger partial charge in [-0.25, -0.2) is 0 Å². The number of carbonyl (C=O) groups is 2. The van der Waals surface area contributed by atoms with Crippen LogP contribution in [0.1, 0.15) is 59.3 Å². The van der Waals surface area contributed by atoms with Crippen LogP contribution in [-0.2, 0) is 23.8 Å². The van der Waals surface area contributed by atoms with Gasteiger partial charge in [-0.2, -0.15) is 0 Å². The van der Waals surface area contributed by atoms with Crippen molar-refractivity contribution in [2.24, 2.45) is 34.3 Å². The average molecular weight is 519 g/mol. The summed E-state index contributed by atoms with van der Waals surface area (Å²) in [5.74, 6) is -0.239. The zero-order chi connectivity index (χ0) is 26.6. The molecule has 10 atom stereocenters. The fourth-order valence-electron chi connectivity index (χ4n) is 8.58. The highest BCUT2D eigenvalue weighted by Gasteiger charge is 2.75. The van der Waals surface area contributed by atoms with Crippen LogP contribution >= 0.6 is 0 Å². The minimum absolute atomic E-state index is 0.00512. The summed E-state index contributed by atoms with van der Waals surface area (Å²) in [6.07, 6.45) is 8.17. The van der Waals surface area contributed by atoms with E-state index in [-0.39, 0.29) is 54.7 Å². The van der Waals surface area contributed by atoms with E-state index in [1.54, 1.807) is 0 Å². The number of allylic oxidation sites excluding steroid dienone is 2. The van der Waals surface area contributed by atoms with Crippen LogP contribution < -0.4 is 11.1 Å². The second-order valence-corrected chi connectivity index (χ2v) is 12.0. The number of hydrogen-bond acceptors (Lipinski definition) is 8. The first-order valence-corrected chi connectivity index (χ1v) is 13.8. The monoisotopic (exact) mass is 518 g/mol. The quantitative estimate of drug-likeness (QED) is 0.216. The van der Waals surface area contributed by atoms with Crippen LogP contribution in [0.3, 0.4) is 0 Å². The van der Waals surface area contributed by atoms with Crippen molar-refractivity contribution >= 4 is 11.7 Å². The van der Waals surface area contributed by atoms with Crippen molar-refractivity contribution in [3.8, 4) is 0 Å². The minimum Gasteiger partial charge on any atom is -0.393 e. The van der Waals surface area contributed by atoms with Gasteiger partial charge < -0.3 is 35.5 Å². The van der Waals surface area contributed by atoms with Gasteiger partial charge in [0.25, 0.3) is 0 Å². The number of fused-ring (bicyclic) bond motifs is 7. The Morgan fingerprint density at radius 2 is 2.08 bits per heavy atom. The number of aliphatic hydroxyl groups excluding tert-OH is 2. The molecule has 0 aromatic carbocycles. The van der Waals surface area contributed by atoms with Crippen molar-refractivity contribution in [2.45, 2.75) is 89.5 Å². The highest BCUT2D eigenvalue weighted by atomic mass is 16.7. The Bertz CT molecular complexity index is 984. The molecule has 0 radical (unpaired) electrons. The zero-order valence-electron chi connectivity index (χ0n) is 22.2. The second kappa shape index (κ2) is 9.84. The number of hydrogen-bond donors (Lipinski definition) is 4. The molecule has 37 heavy (non-hydrogen) atoms. The fraction of sp³-hybridized carbons (Fsp3) is 0.786. The lowest BCUT2D eigenvalue weighted by Crippen LogP contribution is -2.63. The highest BCUT2D eigenvalue weighted by Crippen LogP contribution is 2.69. The first kappa shape index (κ1) is 27.0. The molecule has 5 rings (SSSR count). The van der Waals surface area contributed by atoms with Gasteiger partial charge in [-0.15, -0.1) is 0 Å². The van der Waals surface area contributed by atoms with Gasteiger partial charge in [0, 0.05) is 16.7 Å². The van der Waals surface area contributed by atoms with E-state index >= 15 is 0 Å². The predicted molar refractivity (Wildman–Crippen MR) is 135 cm³/mol. The Hall–Kier alpha value is -1.62. The maximum Gasteiger partial charge on any atom is 0.235 e. The van der Waals surface area contributed by atoms with Crippen LogP contribution in [0.25, 0.3) is 0 Å². The zero-order valence-corrected chi connectivity index (χ0v) is 22.2. The molecule has 1 amide bonds. The van der Waals surface area contributed by atoms with E-state index in [1.807, 2.05) is 12.2 Å². The molecular formula is C28H42N2O7. The largest absolute Gasteiger partial charge is 0.393 e.